The number of hydrogen-bond donors (Lipinski definition) is 1. The van der Waals surface area contributed by atoms with Crippen molar-refractivity contribution >= 4 is 0 Å². The lowest BCUT2D eigenvalue weighted by molar-refractivity contribution is -0.139. The van der Waals surface area contributed by atoms with E-state index in [9.17, 15) is 13.2 Å². The molecule has 1 rings (SSSR count). The van der Waals surface area contributed by atoms with E-state index < -0.39 is 11.7 Å². The first-order valence-corrected chi connectivity index (χ1v) is 6.86. The molecular formula is C16H20F3NO. The number of rotatable bonds is 6. The van der Waals surface area contributed by atoms with Crippen LogP contribution in [0.15, 0.2) is 18.2 Å². The van der Waals surface area contributed by atoms with Crippen LogP contribution in [0.25, 0.3) is 0 Å². The number of ether oxygens (including phenoxy) is 1. The van der Waals surface area contributed by atoms with Gasteiger partial charge in [0.25, 0.3) is 0 Å². The summed E-state index contributed by atoms with van der Waals surface area (Å²) in [5.74, 6) is 5.26. The first kappa shape index (κ1) is 17.4. The van der Waals surface area contributed by atoms with Crippen LogP contribution in [0, 0.1) is 11.8 Å². The van der Waals surface area contributed by atoms with E-state index in [0.29, 0.717) is 18.4 Å². The molecule has 0 aromatic heterocycles. The molecule has 0 amide bonds. The second-order valence-electron chi connectivity index (χ2n) is 4.73. The van der Waals surface area contributed by atoms with Crippen molar-refractivity contribution in [2.24, 2.45) is 5.73 Å². The summed E-state index contributed by atoms with van der Waals surface area (Å²) in [7, 11) is 0. The molecule has 0 spiro atoms. The molecule has 0 heterocycles. The van der Waals surface area contributed by atoms with Crippen molar-refractivity contribution in [3.8, 4) is 17.6 Å². The van der Waals surface area contributed by atoms with Gasteiger partial charge < -0.3 is 10.5 Å². The van der Waals surface area contributed by atoms with E-state index in [1.807, 2.05) is 6.92 Å². The maximum Gasteiger partial charge on any atom is 0.419 e. The summed E-state index contributed by atoms with van der Waals surface area (Å²) in [6.07, 6.45) is -2.91. The maximum absolute atomic E-state index is 13.1. The fourth-order valence-electron chi connectivity index (χ4n) is 1.84. The molecule has 21 heavy (non-hydrogen) atoms. The van der Waals surface area contributed by atoms with Gasteiger partial charge in [0.1, 0.15) is 5.75 Å². The Hall–Kier alpha value is -1.67. The summed E-state index contributed by atoms with van der Waals surface area (Å²) in [6, 6.07) is 3.97. The van der Waals surface area contributed by atoms with Gasteiger partial charge in [0, 0.05) is 12.5 Å². The zero-order valence-corrected chi connectivity index (χ0v) is 12.3. The molecule has 0 saturated carbocycles. The Labute approximate surface area is 123 Å². The highest BCUT2D eigenvalue weighted by Crippen LogP contribution is 2.37. The fraction of sp³-hybridized carbons (Fsp3) is 0.500. The van der Waals surface area contributed by atoms with Crippen molar-refractivity contribution in [3.63, 3.8) is 0 Å². The van der Waals surface area contributed by atoms with Gasteiger partial charge in [-0.25, -0.2) is 0 Å². The number of nitrogens with two attached hydrogens (primary N) is 1. The van der Waals surface area contributed by atoms with Gasteiger partial charge in [-0.1, -0.05) is 13.0 Å². The third-order valence-electron chi connectivity index (χ3n) is 3.03. The first-order chi connectivity index (χ1) is 9.88. The molecule has 0 fully saturated rings. The van der Waals surface area contributed by atoms with Crippen molar-refractivity contribution in [3.05, 3.63) is 29.3 Å². The van der Waals surface area contributed by atoms with Crippen molar-refractivity contribution in [1.82, 2.24) is 0 Å². The normalized spacial score (nSPS) is 12.5. The summed E-state index contributed by atoms with van der Waals surface area (Å²) in [6.45, 7) is 3.71. The van der Waals surface area contributed by atoms with E-state index in [1.165, 1.54) is 6.07 Å². The third-order valence-corrected chi connectivity index (χ3v) is 3.03. The molecule has 5 heteroatoms. The molecule has 0 radical (unpaired) electrons. The van der Waals surface area contributed by atoms with Gasteiger partial charge in [0.15, 0.2) is 0 Å². The van der Waals surface area contributed by atoms with Crippen molar-refractivity contribution in [2.75, 3.05) is 6.61 Å². The van der Waals surface area contributed by atoms with Crippen LogP contribution < -0.4 is 10.5 Å². The van der Waals surface area contributed by atoms with E-state index in [-0.39, 0.29) is 18.4 Å². The van der Waals surface area contributed by atoms with Gasteiger partial charge in [-0.05, 0) is 37.5 Å². The van der Waals surface area contributed by atoms with Gasteiger partial charge in [-0.2, -0.15) is 13.2 Å². The Bertz CT molecular complexity index is 514. The van der Waals surface area contributed by atoms with Crippen molar-refractivity contribution in [2.45, 2.75) is 45.3 Å². The van der Waals surface area contributed by atoms with Crippen LogP contribution in [-0.4, -0.2) is 12.6 Å². The maximum atomic E-state index is 13.1. The smallest absolute Gasteiger partial charge is 0.419 e. The largest absolute Gasteiger partial charge is 0.492 e. The first-order valence-electron chi connectivity index (χ1n) is 6.86. The van der Waals surface area contributed by atoms with Crippen LogP contribution in [0.4, 0.5) is 13.2 Å². The number of alkyl halides is 3. The number of halogens is 3. The van der Waals surface area contributed by atoms with Gasteiger partial charge in [-0.3, -0.25) is 0 Å². The molecule has 0 bridgehead atoms. The lowest BCUT2D eigenvalue weighted by Gasteiger charge is -2.16. The highest BCUT2D eigenvalue weighted by atomic mass is 19.4. The predicted octanol–water partition coefficient (Wildman–Crippen LogP) is 3.78. The Morgan fingerprint density at radius 2 is 2.05 bits per heavy atom. The number of benzene rings is 1. The van der Waals surface area contributed by atoms with Crippen LogP contribution in [0.1, 0.15) is 37.8 Å². The van der Waals surface area contributed by atoms with Gasteiger partial charge >= 0.3 is 6.18 Å². The van der Waals surface area contributed by atoms with Crippen LogP contribution in [0.3, 0.4) is 0 Å². The molecule has 1 atom stereocenters. The van der Waals surface area contributed by atoms with E-state index in [1.54, 1.807) is 13.0 Å². The Morgan fingerprint density at radius 1 is 1.33 bits per heavy atom. The summed E-state index contributed by atoms with van der Waals surface area (Å²) in [5.41, 5.74) is 5.60. The van der Waals surface area contributed by atoms with Crippen molar-refractivity contribution in [1.29, 1.82) is 0 Å². The van der Waals surface area contributed by atoms with E-state index in [2.05, 4.69) is 11.8 Å². The van der Waals surface area contributed by atoms with Crippen LogP contribution in [0.5, 0.6) is 5.75 Å². The highest BCUT2D eigenvalue weighted by Gasteiger charge is 2.34. The van der Waals surface area contributed by atoms with Crippen LogP contribution in [-0.2, 0) is 12.6 Å². The van der Waals surface area contributed by atoms with E-state index in [4.69, 9.17) is 10.5 Å². The highest BCUT2D eigenvalue weighted by molar-refractivity contribution is 5.39. The van der Waals surface area contributed by atoms with Crippen LogP contribution >= 0.6 is 0 Å². The van der Waals surface area contributed by atoms with Gasteiger partial charge in [0.05, 0.1) is 12.2 Å². The van der Waals surface area contributed by atoms with Gasteiger partial charge in [-0.15, -0.1) is 11.8 Å². The summed E-state index contributed by atoms with van der Waals surface area (Å²) in [4.78, 5) is 0. The van der Waals surface area contributed by atoms with Gasteiger partial charge in [0.2, 0.25) is 0 Å². The molecule has 2 N–H and O–H groups in total. The summed E-state index contributed by atoms with van der Waals surface area (Å²) >= 11 is 0. The molecule has 0 saturated heterocycles. The Morgan fingerprint density at radius 3 is 2.62 bits per heavy atom. The second kappa shape index (κ2) is 7.94. The molecule has 2 nitrogen and oxygen atoms in total. The van der Waals surface area contributed by atoms with Crippen molar-refractivity contribution < 1.29 is 17.9 Å². The average molecular weight is 299 g/mol. The van der Waals surface area contributed by atoms with E-state index in [0.717, 1.165) is 12.5 Å². The minimum Gasteiger partial charge on any atom is -0.492 e. The standard InChI is InChI=1S/C16H20F3NO/c1-3-5-6-9-21-15-8-7-12(10-13(20)4-2)11-14(15)16(17,18)19/h7-8,11,13H,4,6,9-10,20H2,1-2H3. The Kier molecular flexibility index (Phi) is 6.57. The lowest BCUT2D eigenvalue weighted by Crippen LogP contribution is -2.21. The lowest BCUT2D eigenvalue weighted by atomic mass is 10.0. The monoisotopic (exact) mass is 299 g/mol. The molecule has 1 aromatic rings. The molecular weight excluding hydrogens is 279 g/mol. The number of hydrogen-bond acceptors (Lipinski definition) is 2. The van der Waals surface area contributed by atoms with E-state index >= 15 is 0 Å². The average Bonchev–Trinajstić information content (AvgIpc) is 2.43. The second-order valence-corrected chi connectivity index (χ2v) is 4.73. The minimum atomic E-state index is -4.45. The quantitative estimate of drug-likeness (QED) is 0.641. The predicted molar refractivity (Wildman–Crippen MR) is 77.0 cm³/mol. The minimum absolute atomic E-state index is 0.137. The topological polar surface area (TPSA) is 35.2 Å². The van der Waals surface area contributed by atoms with Crippen LogP contribution in [0.2, 0.25) is 0 Å². The zero-order valence-electron chi connectivity index (χ0n) is 12.3. The zero-order chi connectivity index (χ0) is 15.9. The molecule has 1 unspecified atom stereocenters. The Balaban J connectivity index is 2.93. The summed E-state index contributed by atoms with van der Waals surface area (Å²) in [5, 5.41) is 0. The SMILES string of the molecule is CC#CCCOc1ccc(CC(N)CC)cc1C(F)(F)F. The third kappa shape index (κ3) is 5.68. The molecule has 1 aromatic carbocycles. The molecule has 116 valence electrons. The molecule has 0 aliphatic carbocycles. The molecule has 0 aliphatic heterocycles. The summed E-state index contributed by atoms with van der Waals surface area (Å²) < 4.78 is 44.4. The fourth-order valence-corrected chi connectivity index (χ4v) is 1.84. The molecule has 0 aliphatic rings.